The molecule has 0 aliphatic carbocycles. The molecule has 182 valence electrons. The molecule has 0 unspecified atom stereocenters. The Morgan fingerprint density at radius 3 is 2.26 bits per heavy atom. The van der Waals surface area contributed by atoms with Crippen LogP contribution in [0.15, 0.2) is 54.7 Å². The lowest BCUT2D eigenvalue weighted by Crippen LogP contribution is -2.17. The molecule has 0 spiro atoms. The first-order chi connectivity index (χ1) is 16.6. The maximum Gasteiger partial charge on any atom is 0.243 e. The average molecular weight is 468 g/mol. The second-order valence-corrected chi connectivity index (χ2v) is 8.16. The number of carbonyl (C=O) groups is 2. The highest BCUT2D eigenvalue weighted by Gasteiger charge is 2.05. The Morgan fingerprint density at radius 1 is 0.882 bits per heavy atom. The number of methoxy groups -OCH3 is 1. The molecule has 2 aromatic carbocycles. The van der Waals surface area contributed by atoms with Gasteiger partial charge < -0.3 is 19.4 Å². The van der Waals surface area contributed by atoms with E-state index < -0.39 is 0 Å². The number of unbranched alkanes of at least 4 members (excludes halogenated alkanes) is 4. The van der Waals surface area contributed by atoms with Crippen LogP contribution in [0, 0.1) is 0 Å². The van der Waals surface area contributed by atoms with E-state index in [1.165, 1.54) is 0 Å². The van der Waals surface area contributed by atoms with Gasteiger partial charge in [-0.25, -0.2) is 5.48 Å². The highest BCUT2D eigenvalue weighted by molar-refractivity contribution is 5.90. The van der Waals surface area contributed by atoms with E-state index in [9.17, 15) is 9.59 Å². The standard InChI is InChI=1S/C26H33N3O5/c1-33-23-13-14-24-20(19-23)15-16-29(24)17-18-34-22-11-9-21(10-12-22)27-25(30)7-5-3-2-4-6-8-26(31)28-32/h9-16,19,32H,2-8,17-18H2,1H3,(H,27,30)(H,28,31). The van der Waals surface area contributed by atoms with Gasteiger partial charge in [0.1, 0.15) is 18.1 Å². The van der Waals surface area contributed by atoms with Crippen molar-refractivity contribution in [3.63, 3.8) is 0 Å². The number of hydroxylamine groups is 1. The maximum absolute atomic E-state index is 12.1. The molecule has 0 saturated heterocycles. The Kier molecular flexibility index (Phi) is 9.79. The van der Waals surface area contributed by atoms with E-state index in [2.05, 4.69) is 16.0 Å². The Morgan fingerprint density at radius 2 is 1.56 bits per heavy atom. The fourth-order valence-corrected chi connectivity index (χ4v) is 3.78. The number of anilines is 1. The minimum absolute atomic E-state index is 0.00977. The summed E-state index contributed by atoms with van der Waals surface area (Å²) in [6.07, 6.45) is 7.19. The van der Waals surface area contributed by atoms with Gasteiger partial charge in [0.15, 0.2) is 0 Å². The fraction of sp³-hybridized carbons (Fsp3) is 0.385. The highest BCUT2D eigenvalue weighted by atomic mass is 16.5. The van der Waals surface area contributed by atoms with Gasteiger partial charge >= 0.3 is 0 Å². The quantitative estimate of drug-likeness (QED) is 0.178. The van der Waals surface area contributed by atoms with E-state index in [1.807, 2.05) is 48.7 Å². The van der Waals surface area contributed by atoms with Gasteiger partial charge in [0.05, 0.1) is 13.7 Å². The maximum atomic E-state index is 12.1. The molecule has 3 N–H and O–H groups in total. The van der Waals surface area contributed by atoms with E-state index in [0.29, 0.717) is 19.4 Å². The number of rotatable bonds is 14. The van der Waals surface area contributed by atoms with Gasteiger partial charge in [0.2, 0.25) is 11.8 Å². The van der Waals surface area contributed by atoms with Crippen molar-refractivity contribution in [2.45, 2.75) is 51.5 Å². The third-order valence-electron chi connectivity index (χ3n) is 5.65. The summed E-state index contributed by atoms with van der Waals surface area (Å²) < 4.78 is 13.3. The minimum atomic E-state index is -0.355. The van der Waals surface area contributed by atoms with Crippen LogP contribution in [0.25, 0.3) is 10.9 Å². The molecule has 0 bridgehead atoms. The van der Waals surface area contributed by atoms with E-state index in [-0.39, 0.29) is 11.8 Å². The SMILES string of the molecule is COc1ccc2c(ccn2CCOc2ccc(NC(=O)CCCCCCCC(=O)NO)cc2)c1. The van der Waals surface area contributed by atoms with E-state index >= 15 is 0 Å². The molecule has 8 nitrogen and oxygen atoms in total. The first kappa shape index (κ1) is 25.1. The summed E-state index contributed by atoms with van der Waals surface area (Å²) in [6.45, 7) is 1.26. The van der Waals surface area contributed by atoms with Crippen LogP contribution in [-0.2, 0) is 16.1 Å². The van der Waals surface area contributed by atoms with Crippen molar-refractivity contribution in [3.05, 3.63) is 54.7 Å². The molecule has 1 heterocycles. The second-order valence-electron chi connectivity index (χ2n) is 8.16. The van der Waals surface area contributed by atoms with E-state index in [1.54, 1.807) is 12.6 Å². The van der Waals surface area contributed by atoms with Gasteiger partial charge in [0.25, 0.3) is 0 Å². The number of fused-ring (bicyclic) bond motifs is 1. The first-order valence-corrected chi connectivity index (χ1v) is 11.7. The highest BCUT2D eigenvalue weighted by Crippen LogP contribution is 2.22. The average Bonchev–Trinajstić information content (AvgIpc) is 3.26. The molecule has 0 saturated carbocycles. The summed E-state index contributed by atoms with van der Waals surface area (Å²) in [5.74, 6) is 1.23. The van der Waals surface area contributed by atoms with Crippen molar-refractivity contribution in [2.24, 2.45) is 0 Å². The lowest BCUT2D eigenvalue weighted by Gasteiger charge is -2.10. The Balaban J connectivity index is 1.32. The van der Waals surface area contributed by atoms with Crippen molar-refractivity contribution in [2.75, 3.05) is 19.0 Å². The summed E-state index contributed by atoms with van der Waals surface area (Å²) in [4.78, 5) is 23.1. The summed E-state index contributed by atoms with van der Waals surface area (Å²) >= 11 is 0. The molecule has 8 heteroatoms. The lowest BCUT2D eigenvalue weighted by molar-refractivity contribution is -0.129. The topological polar surface area (TPSA) is 102 Å². The number of ether oxygens (including phenoxy) is 2. The van der Waals surface area contributed by atoms with Crippen LogP contribution in [0.2, 0.25) is 0 Å². The van der Waals surface area contributed by atoms with Gasteiger partial charge in [-0.2, -0.15) is 0 Å². The van der Waals surface area contributed by atoms with Gasteiger partial charge in [-0.1, -0.05) is 19.3 Å². The number of hydrogen-bond donors (Lipinski definition) is 3. The number of amides is 2. The zero-order chi connectivity index (χ0) is 24.2. The summed E-state index contributed by atoms with van der Waals surface area (Å²) in [7, 11) is 1.66. The zero-order valence-corrected chi connectivity index (χ0v) is 19.6. The molecule has 1 aromatic heterocycles. The van der Waals surface area contributed by atoms with Gasteiger partial charge in [-0.05, 0) is 61.4 Å². The third-order valence-corrected chi connectivity index (χ3v) is 5.65. The van der Waals surface area contributed by atoms with Crippen molar-refractivity contribution in [3.8, 4) is 11.5 Å². The lowest BCUT2D eigenvalue weighted by atomic mass is 10.1. The molecule has 0 fully saturated rings. The summed E-state index contributed by atoms with van der Waals surface area (Å²) in [5, 5.41) is 12.5. The minimum Gasteiger partial charge on any atom is -0.497 e. The van der Waals surface area contributed by atoms with Crippen molar-refractivity contribution in [1.82, 2.24) is 10.0 Å². The zero-order valence-electron chi connectivity index (χ0n) is 19.6. The Labute approximate surface area is 199 Å². The van der Waals surface area contributed by atoms with Crippen LogP contribution in [0.1, 0.15) is 44.9 Å². The largest absolute Gasteiger partial charge is 0.497 e. The molecule has 3 rings (SSSR count). The van der Waals surface area contributed by atoms with Gasteiger partial charge in [-0.3, -0.25) is 14.8 Å². The van der Waals surface area contributed by atoms with Crippen LogP contribution < -0.4 is 20.3 Å². The third kappa shape index (κ3) is 7.81. The number of carbonyl (C=O) groups excluding carboxylic acids is 2. The normalized spacial score (nSPS) is 10.8. The Bertz CT molecular complexity index is 1060. The van der Waals surface area contributed by atoms with Crippen molar-refractivity contribution >= 4 is 28.4 Å². The number of nitrogens with zero attached hydrogens (tertiary/aromatic N) is 1. The van der Waals surface area contributed by atoms with Crippen LogP contribution in [0.3, 0.4) is 0 Å². The smallest absolute Gasteiger partial charge is 0.243 e. The Hall–Kier alpha value is -3.52. The molecule has 0 radical (unpaired) electrons. The van der Waals surface area contributed by atoms with Gasteiger partial charge in [-0.15, -0.1) is 0 Å². The van der Waals surface area contributed by atoms with Crippen molar-refractivity contribution < 1.29 is 24.3 Å². The number of hydrogen-bond acceptors (Lipinski definition) is 5. The van der Waals surface area contributed by atoms with E-state index in [0.717, 1.165) is 66.7 Å². The first-order valence-electron chi connectivity index (χ1n) is 11.7. The number of benzene rings is 2. The van der Waals surface area contributed by atoms with Crippen LogP contribution in [-0.4, -0.2) is 35.3 Å². The second kappa shape index (κ2) is 13.3. The van der Waals surface area contributed by atoms with Gasteiger partial charge in [0, 0.05) is 35.6 Å². The monoisotopic (exact) mass is 467 g/mol. The van der Waals surface area contributed by atoms with Crippen LogP contribution >= 0.6 is 0 Å². The molecule has 0 aliphatic rings. The molecule has 3 aromatic rings. The fourth-order valence-electron chi connectivity index (χ4n) is 3.78. The predicted octanol–water partition coefficient (Wildman–Crippen LogP) is 4.90. The molecular weight excluding hydrogens is 434 g/mol. The number of aromatic nitrogens is 1. The molecular formula is C26H33N3O5. The molecule has 2 amide bonds. The van der Waals surface area contributed by atoms with Crippen LogP contribution in [0.5, 0.6) is 11.5 Å². The van der Waals surface area contributed by atoms with E-state index in [4.69, 9.17) is 14.7 Å². The molecule has 0 aliphatic heterocycles. The summed E-state index contributed by atoms with van der Waals surface area (Å²) in [5.41, 5.74) is 3.51. The predicted molar refractivity (Wildman–Crippen MR) is 131 cm³/mol. The molecule has 0 atom stereocenters. The van der Waals surface area contributed by atoms with Crippen LogP contribution in [0.4, 0.5) is 5.69 Å². The van der Waals surface area contributed by atoms with Crippen molar-refractivity contribution in [1.29, 1.82) is 0 Å². The summed E-state index contributed by atoms with van der Waals surface area (Å²) in [6, 6.07) is 15.5. The number of nitrogens with one attached hydrogen (secondary N) is 2. The molecule has 34 heavy (non-hydrogen) atoms.